The van der Waals surface area contributed by atoms with Gasteiger partial charge in [0.2, 0.25) is 0 Å². The highest BCUT2D eigenvalue weighted by Crippen LogP contribution is 2.18. The lowest BCUT2D eigenvalue weighted by Crippen LogP contribution is -2.30. The van der Waals surface area contributed by atoms with Crippen LogP contribution in [0.15, 0.2) is 24.3 Å². The summed E-state index contributed by atoms with van der Waals surface area (Å²) in [5, 5.41) is 0. The second-order valence-electron chi connectivity index (χ2n) is 22.7. The van der Waals surface area contributed by atoms with Gasteiger partial charge in [0.1, 0.15) is 13.2 Å². The molecule has 1 atom stereocenters. The molecule has 0 saturated carbocycles. The first-order valence-corrected chi connectivity index (χ1v) is 33.3. The van der Waals surface area contributed by atoms with Crippen LogP contribution in [0.25, 0.3) is 0 Å². The summed E-state index contributed by atoms with van der Waals surface area (Å²) in [5.74, 6) is -0.865. The molecule has 0 aromatic rings. The summed E-state index contributed by atoms with van der Waals surface area (Å²) >= 11 is 0. The van der Waals surface area contributed by atoms with Crippen LogP contribution in [-0.2, 0) is 28.6 Å². The minimum atomic E-state index is -0.767. The van der Waals surface area contributed by atoms with Crippen LogP contribution in [0.3, 0.4) is 0 Å². The van der Waals surface area contributed by atoms with Gasteiger partial charge in [-0.05, 0) is 51.4 Å². The zero-order valence-electron chi connectivity index (χ0n) is 50.1. The van der Waals surface area contributed by atoms with E-state index in [0.717, 1.165) is 70.6 Å². The molecule has 0 bridgehead atoms. The number of esters is 3. The fourth-order valence-electron chi connectivity index (χ4n) is 10.2. The van der Waals surface area contributed by atoms with Crippen LogP contribution in [0.4, 0.5) is 0 Å². The van der Waals surface area contributed by atoms with E-state index in [9.17, 15) is 14.4 Å². The molecule has 0 aliphatic heterocycles. The number of hydrogen-bond acceptors (Lipinski definition) is 6. The normalized spacial score (nSPS) is 12.1. The van der Waals surface area contributed by atoms with Gasteiger partial charge in [0.05, 0.1) is 0 Å². The van der Waals surface area contributed by atoms with Crippen molar-refractivity contribution in [2.75, 3.05) is 13.2 Å². The zero-order chi connectivity index (χ0) is 53.6. The van der Waals surface area contributed by atoms with E-state index in [0.29, 0.717) is 19.3 Å². The van der Waals surface area contributed by atoms with Gasteiger partial charge in [-0.2, -0.15) is 0 Å². The topological polar surface area (TPSA) is 78.9 Å². The highest BCUT2D eigenvalue weighted by atomic mass is 16.6. The maximum absolute atomic E-state index is 12.8. The lowest BCUT2D eigenvalue weighted by molar-refractivity contribution is -0.167. The Balaban J connectivity index is 3.89. The van der Waals surface area contributed by atoms with Gasteiger partial charge in [-0.25, -0.2) is 0 Å². The highest BCUT2D eigenvalue weighted by molar-refractivity contribution is 5.71. The fraction of sp³-hybridized carbons (Fsp3) is 0.897. The summed E-state index contributed by atoms with van der Waals surface area (Å²) in [5.41, 5.74) is 0. The molecular formula is C68H128O6. The third-order valence-electron chi connectivity index (χ3n) is 15.2. The first-order chi connectivity index (χ1) is 36.5. The molecule has 0 heterocycles. The number of hydrogen-bond donors (Lipinski definition) is 0. The van der Waals surface area contributed by atoms with Gasteiger partial charge in [0.25, 0.3) is 0 Å². The lowest BCUT2D eigenvalue weighted by atomic mass is 10.0. The van der Waals surface area contributed by atoms with Gasteiger partial charge in [-0.15, -0.1) is 0 Å². The second-order valence-corrected chi connectivity index (χ2v) is 22.7. The summed E-state index contributed by atoms with van der Waals surface area (Å²) in [6, 6.07) is 0. The lowest BCUT2D eigenvalue weighted by Gasteiger charge is -2.18. The van der Waals surface area contributed by atoms with Gasteiger partial charge < -0.3 is 14.2 Å². The van der Waals surface area contributed by atoms with Gasteiger partial charge in [0, 0.05) is 19.3 Å². The Kier molecular flexibility index (Phi) is 61.6. The minimum Gasteiger partial charge on any atom is -0.462 e. The zero-order valence-corrected chi connectivity index (χ0v) is 50.1. The molecule has 0 spiro atoms. The smallest absolute Gasteiger partial charge is 0.306 e. The second kappa shape index (κ2) is 63.4. The van der Waals surface area contributed by atoms with Crippen LogP contribution in [0, 0.1) is 0 Å². The predicted molar refractivity (Wildman–Crippen MR) is 321 cm³/mol. The van der Waals surface area contributed by atoms with E-state index in [1.165, 1.54) is 263 Å². The molecule has 1 unspecified atom stereocenters. The first-order valence-electron chi connectivity index (χ1n) is 33.3. The van der Waals surface area contributed by atoms with Crippen LogP contribution >= 0.6 is 0 Å². The number of carbonyl (C=O) groups is 3. The first kappa shape index (κ1) is 71.9. The third-order valence-corrected chi connectivity index (χ3v) is 15.2. The van der Waals surface area contributed by atoms with Crippen LogP contribution < -0.4 is 0 Å². The Morgan fingerprint density at radius 2 is 0.486 bits per heavy atom. The van der Waals surface area contributed by atoms with Crippen molar-refractivity contribution in [3.63, 3.8) is 0 Å². The molecule has 0 amide bonds. The molecule has 0 N–H and O–H groups in total. The van der Waals surface area contributed by atoms with Crippen molar-refractivity contribution < 1.29 is 28.6 Å². The highest BCUT2D eigenvalue weighted by Gasteiger charge is 2.19. The number of rotatable bonds is 62. The van der Waals surface area contributed by atoms with Crippen molar-refractivity contribution in [3.8, 4) is 0 Å². The number of carbonyl (C=O) groups excluding carboxylic acids is 3. The SMILES string of the molecule is CCCCC/C=C\C/C=C\CCCCCCCCCCCC(=O)OC(COC(=O)CCCCCCC)COC(=O)CCCCCCCCCCCCCCCCCCCCCCCCCCCCCCCCCC. The van der Waals surface area contributed by atoms with Gasteiger partial charge >= 0.3 is 17.9 Å². The average Bonchev–Trinajstić information content (AvgIpc) is 3.40. The summed E-state index contributed by atoms with van der Waals surface area (Å²) < 4.78 is 16.8. The molecule has 6 heteroatoms. The predicted octanol–water partition coefficient (Wildman–Crippen LogP) is 22.6. The molecule has 0 fully saturated rings. The number of allylic oxidation sites excluding steroid dienone is 4. The number of unbranched alkanes of at least 4 members (excludes halogenated alkanes) is 47. The van der Waals surface area contributed by atoms with E-state index in [2.05, 4.69) is 45.1 Å². The maximum Gasteiger partial charge on any atom is 0.306 e. The van der Waals surface area contributed by atoms with Crippen molar-refractivity contribution in [1.29, 1.82) is 0 Å². The largest absolute Gasteiger partial charge is 0.462 e. The van der Waals surface area contributed by atoms with Crippen molar-refractivity contribution in [1.82, 2.24) is 0 Å². The van der Waals surface area contributed by atoms with E-state index in [1.807, 2.05) is 0 Å². The Morgan fingerprint density at radius 3 is 0.770 bits per heavy atom. The van der Waals surface area contributed by atoms with Crippen LogP contribution in [0.1, 0.15) is 374 Å². The molecule has 0 rings (SSSR count). The summed E-state index contributed by atoms with van der Waals surface area (Å²) in [6.07, 6.45) is 76.9. The summed E-state index contributed by atoms with van der Waals surface area (Å²) in [4.78, 5) is 37.9. The molecule has 0 radical (unpaired) electrons. The molecule has 436 valence electrons. The fourth-order valence-corrected chi connectivity index (χ4v) is 10.2. The van der Waals surface area contributed by atoms with E-state index in [1.54, 1.807) is 0 Å². The quantitative estimate of drug-likeness (QED) is 0.0261. The van der Waals surface area contributed by atoms with Gasteiger partial charge in [-0.1, -0.05) is 328 Å². The molecule has 0 aliphatic carbocycles. The van der Waals surface area contributed by atoms with Crippen LogP contribution in [-0.4, -0.2) is 37.2 Å². The summed E-state index contributed by atoms with van der Waals surface area (Å²) in [6.45, 7) is 6.59. The molecule has 6 nitrogen and oxygen atoms in total. The monoisotopic (exact) mass is 1040 g/mol. The molecular weight excluding hydrogens is 913 g/mol. The molecule has 0 saturated heterocycles. The van der Waals surface area contributed by atoms with Crippen LogP contribution in [0.2, 0.25) is 0 Å². The molecule has 0 aromatic heterocycles. The Labute approximate surface area is 462 Å². The summed E-state index contributed by atoms with van der Waals surface area (Å²) in [7, 11) is 0. The van der Waals surface area contributed by atoms with Crippen molar-refractivity contribution in [3.05, 3.63) is 24.3 Å². The molecule has 0 aliphatic rings. The standard InChI is InChI=1S/C68H128O6/c1-4-7-10-13-15-17-19-21-23-25-27-28-29-30-31-32-33-34-35-36-37-38-39-41-42-44-46-48-50-52-55-58-61-67(70)73-64-65(63-72-66(69)60-57-54-12-9-6-3)74-68(71)62-59-56-53-51-49-47-45-43-40-26-24-22-20-18-16-14-11-8-5-2/h16,18,22,24,65H,4-15,17,19-21,23,25-64H2,1-3H3/b18-16-,24-22-. The van der Waals surface area contributed by atoms with Crippen molar-refractivity contribution >= 4 is 17.9 Å². The molecule has 0 aromatic carbocycles. The van der Waals surface area contributed by atoms with Crippen LogP contribution in [0.5, 0.6) is 0 Å². The van der Waals surface area contributed by atoms with Crippen molar-refractivity contribution in [2.24, 2.45) is 0 Å². The van der Waals surface area contributed by atoms with E-state index in [4.69, 9.17) is 14.2 Å². The average molecular weight is 1040 g/mol. The maximum atomic E-state index is 12.8. The Morgan fingerprint density at radius 1 is 0.270 bits per heavy atom. The van der Waals surface area contributed by atoms with E-state index in [-0.39, 0.29) is 31.1 Å². The minimum absolute atomic E-state index is 0.0686. The third kappa shape index (κ3) is 60.8. The Hall–Kier alpha value is -2.11. The van der Waals surface area contributed by atoms with E-state index >= 15 is 0 Å². The van der Waals surface area contributed by atoms with Gasteiger partial charge in [-0.3, -0.25) is 14.4 Å². The van der Waals surface area contributed by atoms with Crippen molar-refractivity contribution in [2.45, 2.75) is 380 Å². The van der Waals surface area contributed by atoms with E-state index < -0.39 is 6.10 Å². The van der Waals surface area contributed by atoms with Gasteiger partial charge in [0.15, 0.2) is 6.10 Å². The Bertz CT molecular complexity index is 1190. The molecule has 74 heavy (non-hydrogen) atoms. The number of ether oxygens (including phenoxy) is 3.